The lowest BCUT2D eigenvalue weighted by atomic mass is 10.1. The number of phenols is 1. The molecule has 0 aliphatic heterocycles. The molecule has 4 heteroatoms. The van der Waals surface area contributed by atoms with Gasteiger partial charge in [-0.2, -0.15) is 5.10 Å². The molecule has 0 aliphatic rings. The maximum atomic E-state index is 9.59. The van der Waals surface area contributed by atoms with Gasteiger partial charge in [0.05, 0.1) is 11.4 Å². The van der Waals surface area contributed by atoms with Gasteiger partial charge in [0, 0.05) is 18.4 Å². The molecule has 3 rings (SSSR count). The van der Waals surface area contributed by atoms with Gasteiger partial charge in [-0.1, -0.05) is 24.3 Å². The van der Waals surface area contributed by atoms with Crippen LogP contribution in [0.25, 0.3) is 5.69 Å². The van der Waals surface area contributed by atoms with Crippen molar-refractivity contribution in [2.75, 3.05) is 5.32 Å². The van der Waals surface area contributed by atoms with Crippen molar-refractivity contribution in [3.63, 3.8) is 0 Å². The van der Waals surface area contributed by atoms with Crippen LogP contribution in [0.2, 0.25) is 0 Å². The molecule has 1 atom stereocenters. The molecule has 0 saturated heterocycles. The molecule has 0 aliphatic carbocycles. The Bertz CT molecular complexity index is 722. The first kappa shape index (κ1) is 13.2. The van der Waals surface area contributed by atoms with E-state index in [1.54, 1.807) is 18.3 Å². The van der Waals surface area contributed by atoms with E-state index in [0.717, 1.165) is 16.9 Å². The van der Waals surface area contributed by atoms with Crippen molar-refractivity contribution in [1.82, 2.24) is 9.78 Å². The fraction of sp³-hybridized carbons (Fsp3) is 0.118. The number of hydrogen-bond acceptors (Lipinski definition) is 3. The molecule has 0 saturated carbocycles. The molecule has 106 valence electrons. The topological polar surface area (TPSA) is 50.1 Å². The second-order valence-electron chi connectivity index (χ2n) is 4.93. The van der Waals surface area contributed by atoms with Gasteiger partial charge in [-0.25, -0.2) is 4.68 Å². The number of phenolic OH excluding ortho intramolecular Hbond substituents is 1. The van der Waals surface area contributed by atoms with Gasteiger partial charge in [-0.3, -0.25) is 0 Å². The first-order valence-electron chi connectivity index (χ1n) is 6.88. The zero-order valence-electron chi connectivity index (χ0n) is 11.8. The Hall–Kier alpha value is -2.75. The van der Waals surface area contributed by atoms with Gasteiger partial charge < -0.3 is 10.4 Å². The third-order valence-corrected chi connectivity index (χ3v) is 3.40. The molecular formula is C17H17N3O. The van der Waals surface area contributed by atoms with E-state index in [1.807, 2.05) is 53.3 Å². The predicted octanol–water partition coefficient (Wildman–Crippen LogP) is 3.75. The van der Waals surface area contributed by atoms with Crippen LogP contribution in [0, 0.1) is 0 Å². The van der Waals surface area contributed by atoms with Gasteiger partial charge in [0.25, 0.3) is 0 Å². The molecule has 0 fully saturated rings. The minimum absolute atomic E-state index is 0.0776. The predicted molar refractivity (Wildman–Crippen MR) is 83.7 cm³/mol. The number of aromatic hydroxyl groups is 1. The lowest BCUT2D eigenvalue weighted by Crippen LogP contribution is -2.09. The molecule has 1 aromatic heterocycles. The molecule has 0 radical (unpaired) electrons. The molecular weight excluding hydrogens is 262 g/mol. The fourth-order valence-electron chi connectivity index (χ4n) is 2.32. The van der Waals surface area contributed by atoms with Crippen LogP contribution in [0.5, 0.6) is 5.75 Å². The standard InChI is InChI=1S/C17H17N3O/c1-13(14-6-4-7-15(21)12-14)19-16-8-2-3-9-17(16)20-11-5-10-18-20/h2-13,19,21H,1H3. The lowest BCUT2D eigenvalue weighted by Gasteiger charge is -2.18. The summed E-state index contributed by atoms with van der Waals surface area (Å²) in [5.74, 6) is 0.279. The van der Waals surface area contributed by atoms with Crippen molar-refractivity contribution in [1.29, 1.82) is 0 Å². The number of benzene rings is 2. The van der Waals surface area contributed by atoms with Crippen LogP contribution in [-0.2, 0) is 0 Å². The maximum Gasteiger partial charge on any atom is 0.115 e. The van der Waals surface area contributed by atoms with Crippen LogP contribution in [0.4, 0.5) is 5.69 Å². The van der Waals surface area contributed by atoms with Crippen molar-refractivity contribution in [3.05, 3.63) is 72.6 Å². The number of anilines is 1. The second kappa shape index (κ2) is 5.71. The van der Waals surface area contributed by atoms with Crippen molar-refractivity contribution in [2.24, 2.45) is 0 Å². The summed E-state index contributed by atoms with van der Waals surface area (Å²) >= 11 is 0. The number of hydrogen-bond donors (Lipinski definition) is 2. The van der Waals surface area contributed by atoms with Gasteiger partial charge in [-0.05, 0) is 42.8 Å². The Morgan fingerprint density at radius 2 is 1.95 bits per heavy atom. The molecule has 0 spiro atoms. The summed E-state index contributed by atoms with van der Waals surface area (Å²) in [5, 5.41) is 17.3. The smallest absolute Gasteiger partial charge is 0.115 e. The Balaban J connectivity index is 1.88. The van der Waals surface area contributed by atoms with Crippen molar-refractivity contribution >= 4 is 5.69 Å². The zero-order chi connectivity index (χ0) is 14.7. The second-order valence-corrected chi connectivity index (χ2v) is 4.93. The summed E-state index contributed by atoms with van der Waals surface area (Å²) in [6.45, 7) is 2.06. The lowest BCUT2D eigenvalue weighted by molar-refractivity contribution is 0.474. The summed E-state index contributed by atoms with van der Waals surface area (Å²) in [4.78, 5) is 0. The Morgan fingerprint density at radius 3 is 2.71 bits per heavy atom. The van der Waals surface area contributed by atoms with E-state index in [1.165, 1.54) is 0 Å². The monoisotopic (exact) mass is 279 g/mol. The van der Waals surface area contributed by atoms with Crippen LogP contribution in [0.3, 0.4) is 0 Å². The minimum atomic E-state index is 0.0776. The van der Waals surface area contributed by atoms with E-state index in [4.69, 9.17) is 0 Å². The molecule has 21 heavy (non-hydrogen) atoms. The third kappa shape index (κ3) is 2.89. The molecule has 0 amide bonds. The Labute approximate surface area is 123 Å². The van der Waals surface area contributed by atoms with Crippen LogP contribution in [0.1, 0.15) is 18.5 Å². The Kier molecular flexibility index (Phi) is 3.60. The summed E-state index contributed by atoms with van der Waals surface area (Å²) in [6.07, 6.45) is 3.68. The highest BCUT2D eigenvalue weighted by Gasteiger charge is 2.09. The number of para-hydroxylation sites is 2. The minimum Gasteiger partial charge on any atom is -0.508 e. The van der Waals surface area contributed by atoms with E-state index in [-0.39, 0.29) is 11.8 Å². The molecule has 3 aromatic rings. The quantitative estimate of drug-likeness (QED) is 0.764. The number of rotatable bonds is 4. The number of nitrogens with one attached hydrogen (secondary N) is 1. The van der Waals surface area contributed by atoms with Gasteiger partial charge in [0.15, 0.2) is 0 Å². The van der Waals surface area contributed by atoms with E-state index in [0.29, 0.717) is 0 Å². The Morgan fingerprint density at radius 1 is 1.10 bits per heavy atom. The number of aromatic nitrogens is 2. The highest BCUT2D eigenvalue weighted by molar-refractivity contribution is 5.61. The average Bonchev–Trinajstić information content (AvgIpc) is 3.02. The van der Waals surface area contributed by atoms with E-state index in [9.17, 15) is 5.11 Å². The van der Waals surface area contributed by atoms with Gasteiger partial charge >= 0.3 is 0 Å². The summed E-state index contributed by atoms with van der Waals surface area (Å²) in [7, 11) is 0. The summed E-state index contributed by atoms with van der Waals surface area (Å²) in [6, 6.07) is 17.3. The largest absolute Gasteiger partial charge is 0.508 e. The van der Waals surface area contributed by atoms with Crippen LogP contribution < -0.4 is 5.32 Å². The average molecular weight is 279 g/mol. The van der Waals surface area contributed by atoms with Crippen molar-refractivity contribution in [3.8, 4) is 11.4 Å². The summed E-state index contributed by atoms with van der Waals surface area (Å²) in [5.41, 5.74) is 3.02. The fourth-order valence-corrected chi connectivity index (χ4v) is 2.32. The zero-order valence-corrected chi connectivity index (χ0v) is 11.8. The molecule has 2 N–H and O–H groups in total. The normalized spacial score (nSPS) is 12.0. The molecule has 1 heterocycles. The van der Waals surface area contributed by atoms with Crippen LogP contribution in [0.15, 0.2) is 67.0 Å². The van der Waals surface area contributed by atoms with E-state index >= 15 is 0 Å². The van der Waals surface area contributed by atoms with Gasteiger partial charge in [0.2, 0.25) is 0 Å². The highest BCUT2D eigenvalue weighted by Crippen LogP contribution is 2.26. The maximum absolute atomic E-state index is 9.59. The molecule has 0 bridgehead atoms. The van der Waals surface area contributed by atoms with Crippen LogP contribution in [-0.4, -0.2) is 14.9 Å². The molecule has 1 unspecified atom stereocenters. The van der Waals surface area contributed by atoms with Crippen molar-refractivity contribution < 1.29 is 5.11 Å². The van der Waals surface area contributed by atoms with Crippen molar-refractivity contribution in [2.45, 2.75) is 13.0 Å². The third-order valence-electron chi connectivity index (χ3n) is 3.40. The highest BCUT2D eigenvalue weighted by atomic mass is 16.3. The molecule has 4 nitrogen and oxygen atoms in total. The van der Waals surface area contributed by atoms with Gasteiger partial charge in [0.1, 0.15) is 5.75 Å². The number of nitrogens with zero attached hydrogens (tertiary/aromatic N) is 2. The molecule has 2 aromatic carbocycles. The van der Waals surface area contributed by atoms with E-state index < -0.39 is 0 Å². The SMILES string of the molecule is CC(Nc1ccccc1-n1cccn1)c1cccc(O)c1. The van der Waals surface area contributed by atoms with Crippen LogP contribution >= 0.6 is 0 Å². The van der Waals surface area contributed by atoms with E-state index in [2.05, 4.69) is 17.3 Å². The summed E-state index contributed by atoms with van der Waals surface area (Å²) < 4.78 is 1.83. The first-order valence-corrected chi connectivity index (χ1v) is 6.88. The first-order chi connectivity index (χ1) is 10.2. The van der Waals surface area contributed by atoms with Gasteiger partial charge in [-0.15, -0.1) is 0 Å².